The van der Waals surface area contributed by atoms with Gasteiger partial charge in [0.25, 0.3) is 0 Å². The summed E-state index contributed by atoms with van der Waals surface area (Å²) in [4.78, 5) is 32.3. The van der Waals surface area contributed by atoms with Crippen LogP contribution in [0.25, 0.3) is 0 Å². The molecule has 2 amide bonds. The van der Waals surface area contributed by atoms with Gasteiger partial charge in [-0.3, -0.25) is 14.6 Å². The number of rotatable bonds is 3. The van der Waals surface area contributed by atoms with Gasteiger partial charge < -0.3 is 9.80 Å². The Bertz CT molecular complexity index is 703. The zero-order valence-electron chi connectivity index (χ0n) is 13.8. The molecule has 3 rings (SSSR count). The summed E-state index contributed by atoms with van der Waals surface area (Å²) < 4.78 is 0. The molecule has 0 saturated carbocycles. The highest BCUT2D eigenvalue weighted by Gasteiger charge is 2.31. The van der Waals surface area contributed by atoms with Crippen LogP contribution in [0, 0.1) is 0 Å². The number of piperazine rings is 1. The van der Waals surface area contributed by atoms with Gasteiger partial charge in [-0.25, -0.2) is 0 Å². The molecule has 0 aliphatic carbocycles. The Balaban J connectivity index is 1.75. The first-order valence-corrected chi connectivity index (χ1v) is 8.14. The summed E-state index contributed by atoms with van der Waals surface area (Å²) >= 11 is 0. The molecule has 5 heteroatoms. The van der Waals surface area contributed by atoms with Gasteiger partial charge in [0.1, 0.15) is 0 Å². The average molecular weight is 323 g/mol. The minimum atomic E-state index is -0.0877. The lowest BCUT2D eigenvalue weighted by Crippen LogP contribution is -2.52. The van der Waals surface area contributed by atoms with Crippen molar-refractivity contribution in [3.05, 3.63) is 66.0 Å². The van der Waals surface area contributed by atoms with E-state index in [0.29, 0.717) is 26.1 Å². The van der Waals surface area contributed by atoms with Gasteiger partial charge >= 0.3 is 0 Å². The summed E-state index contributed by atoms with van der Waals surface area (Å²) in [6.07, 6.45) is 3.76. The van der Waals surface area contributed by atoms with E-state index < -0.39 is 0 Å². The molecule has 1 atom stereocenters. The molecule has 24 heavy (non-hydrogen) atoms. The maximum absolute atomic E-state index is 12.6. The third-order valence-electron chi connectivity index (χ3n) is 4.40. The molecule has 1 aliphatic heterocycles. The molecule has 0 bridgehead atoms. The number of carbonyl (C=O) groups excluding carboxylic acids is 2. The Morgan fingerprint density at radius 2 is 1.92 bits per heavy atom. The van der Waals surface area contributed by atoms with Crippen molar-refractivity contribution in [2.24, 2.45) is 0 Å². The van der Waals surface area contributed by atoms with Gasteiger partial charge in [-0.05, 0) is 17.2 Å². The average Bonchev–Trinajstić information content (AvgIpc) is 2.62. The SMILES string of the molecule is CC(=O)N1CCN(C(=O)Cc2cccnc2)CC1c1ccccc1. The predicted octanol–water partition coefficient (Wildman–Crippen LogP) is 2.06. The standard InChI is InChI=1S/C19H21N3O2/c1-15(23)22-11-10-21(14-18(22)17-7-3-2-4-8-17)19(24)12-16-6-5-9-20-13-16/h2-9,13,18H,10-12,14H2,1H3. The van der Waals surface area contributed by atoms with E-state index in [1.54, 1.807) is 19.3 Å². The fourth-order valence-corrected chi connectivity index (χ4v) is 3.14. The third-order valence-corrected chi connectivity index (χ3v) is 4.40. The van der Waals surface area contributed by atoms with Gasteiger partial charge in [0.05, 0.1) is 12.5 Å². The van der Waals surface area contributed by atoms with Crippen LogP contribution in [0.1, 0.15) is 24.1 Å². The number of hydrogen-bond donors (Lipinski definition) is 0. The minimum absolute atomic E-state index is 0.0446. The summed E-state index contributed by atoms with van der Waals surface area (Å²) in [5.74, 6) is 0.121. The molecule has 0 N–H and O–H groups in total. The smallest absolute Gasteiger partial charge is 0.227 e. The highest BCUT2D eigenvalue weighted by molar-refractivity contribution is 5.79. The molecule has 0 radical (unpaired) electrons. The second kappa shape index (κ2) is 7.25. The van der Waals surface area contributed by atoms with Gasteiger partial charge in [0.2, 0.25) is 11.8 Å². The molecule has 1 fully saturated rings. The first-order chi connectivity index (χ1) is 11.6. The van der Waals surface area contributed by atoms with Crippen LogP contribution in [0.4, 0.5) is 0 Å². The fourth-order valence-electron chi connectivity index (χ4n) is 3.14. The van der Waals surface area contributed by atoms with Crippen LogP contribution in [0.3, 0.4) is 0 Å². The molecule has 2 heterocycles. The third kappa shape index (κ3) is 3.62. The summed E-state index contributed by atoms with van der Waals surface area (Å²) in [6.45, 7) is 3.25. The molecule has 1 aliphatic rings. The number of benzene rings is 1. The van der Waals surface area contributed by atoms with Gasteiger partial charge in [-0.1, -0.05) is 36.4 Å². The molecular formula is C19H21N3O2. The molecule has 5 nitrogen and oxygen atoms in total. The maximum Gasteiger partial charge on any atom is 0.227 e. The van der Waals surface area contributed by atoms with Crippen molar-refractivity contribution >= 4 is 11.8 Å². The van der Waals surface area contributed by atoms with Crippen LogP contribution in [-0.2, 0) is 16.0 Å². The summed E-state index contributed by atoms with van der Waals surface area (Å²) in [7, 11) is 0. The van der Waals surface area contributed by atoms with E-state index in [4.69, 9.17) is 0 Å². The lowest BCUT2D eigenvalue weighted by molar-refractivity contribution is -0.141. The fraction of sp³-hybridized carbons (Fsp3) is 0.316. The molecule has 1 aromatic heterocycles. The lowest BCUT2D eigenvalue weighted by Gasteiger charge is -2.41. The molecule has 2 aromatic rings. The molecule has 1 saturated heterocycles. The van der Waals surface area contributed by atoms with E-state index >= 15 is 0 Å². The Morgan fingerprint density at radius 1 is 1.12 bits per heavy atom. The van der Waals surface area contributed by atoms with E-state index in [9.17, 15) is 9.59 Å². The van der Waals surface area contributed by atoms with Crippen molar-refractivity contribution in [2.75, 3.05) is 19.6 Å². The highest BCUT2D eigenvalue weighted by atomic mass is 16.2. The van der Waals surface area contributed by atoms with Gasteiger partial charge in [-0.2, -0.15) is 0 Å². The van der Waals surface area contributed by atoms with E-state index in [2.05, 4.69) is 4.98 Å². The number of aromatic nitrogens is 1. The van der Waals surface area contributed by atoms with Crippen LogP contribution < -0.4 is 0 Å². The monoisotopic (exact) mass is 323 g/mol. The van der Waals surface area contributed by atoms with Crippen molar-refractivity contribution in [3.63, 3.8) is 0 Å². The highest BCUT2D eigenvalue weighted by Crippen LogP contribution is 2.25. The second-order valence-electron chi connectivity index (χ2n) is 6.02. The zero-order chi connectivity index (χ0) is 16.9. The zero-order valence-corrected chi connectivity index (χ0v) is 13.8. The van der Waals surface area contributed by atoms with Crippen molar-refractivity contribution < 1.29 is 9.59 Å². The van der Waals surface area contributed by atoms with E-state index in [1.165, 1.54) is 0 Å². The normalized spacial score (nSPS) is 17.6. The molecule has 1 aromatic carbocycles. The summed E-state index contributed by atoms with van der Waals surface area (Å²) in [6, 6.07) is 13.6. The Hall–Kier alpha value is -2.69. The van der Waals surface area contributed by atoms with Crippen LogP contribution in [-0.4, -0.2) is 46.2 Å². The van der Waals surface area contributed by atoms with Crippen molar-refractivity contribution in [3.8, 4) is 0 Å². The molecule has 1 unspecified atom stereocenters. The van der Waals surface area contributed by atoms with Gasteiger partial charge in [-0.15, -0.1) is 0 Å². The lowest BCUT2D eigenvalue weighted by atomic mass is 10.0. The largest absolute Gasteiger partial charge is 0.338 e. The van der Waals surface area contributed by atoms with E-state index in [1.807, 2.05) is 52.3 Å². The number of carbonyl (C=O) groups is 2. The van der Waals surface area contributed by atoms with Crippen LogP contribution in [0.15, 0.2) is 54.9 Å². The molecular weight excluding hydrogens is 302 g/mol. The topological polar surface area (TPSA) is 53.5 Å². The van der Waals surface area contributed by atoms with Crippen molar-refractivity contribution in [1.82, 2.24) is 14.8 Å². The maximum atomic E-state index is 12.6. The number of nitrogens with zero attached hydrogens (tertiary/aromatic N) is 3. The van der Waals surface area contributed by atoms with Crippen LogP contribution in [0.5, 0.6) is 0 Å². The van der Waals surface area contributed by atoms with Crippen LogP contribution in [0.2, 0.25) is 0 Å². The summed E-state index contributed by atoms with van der Waals surface area (Å²) in [5.41, 5.74) is 1.97. The molecule has 0 spiro atoms. The summed E-state index contributed by atoms with van der Waals surface area (Å²) in [5, 5.41) is 0. The van der Waals surface area contributed by atoms with E-state index in [0.717, 1.165) is 11.1 Å². The van der Waals surface area contributed by atoms with Crippen molar-refractivity contribution in [2.45, 2.75) is 19.4 Å². The van der Waals surface area contributed by atoms with E-state index in [-0.39, 0.29) is 17.9 Å². The first-order valence-electron chi connectivity index (χ1n) is 8.14. The molecule has 124 valence electrons. The Kier molecular flexibility index (Phi) is 4.89. The van der Waals surface area contributed by atoms with Crippen LogP contribution >= 0.6 is 0 Å². The van der Waals surface area contributed by atoms with Gasteiger partial charge in [0.15, 0.2) is 0 Å². The minimum Gasteiger partial charge on any atom is -0.338 e. The Labute approximate surface area is 141 Å². The number of amides is 2. The number of hydrogen-bond acceptors (Lipinski definition) is 3. The first kappa shape index (κ1) is 16.2. The van der Waals surface area contributed by atoms with Crippen molar-refractivity contribution in [1.29, 1.82) is 0 Å². The predicted molar refractivity (Wildman–Crippen MR) is 91.1 cm³/mol. The Morgan fingerprint density at radius 3 is 2.58 bits per heavy atom. The second-order valence-corrected chi connectivity index (χ2v) is 6.02. The van der Waals surface area contributed by atoms with Gasteiger partial charge in [0, 0.05) is 39.0 Å². The quantitative estimate of drug-likeness (QED) is 0.869. The number of pyridine rings is 1.